The van der Waals surface area contributed by atoms with Crippen LogP contribution in [0.3, 0.4) is 0 Å². The van der Waals surface area contributed by atoms with Crippen LogP contribution < -0.4 is 16.2 Å². The molecular weight excluding hydrogens is 407 g/mol. The highest BCUT2D eigenvalue weighted by Gasteiger charge is 2.17. The largest absolute Gasteiger partial charge is 0.496 e. The SMILES string of the molecule is COC(=O)c1ccc(-n2nc(-c3cc(CN)ccc3Cl)[nH]c2=O)cc1OC.Cl. The Morgan fingerprint density at radius 1 is 1.25 bits per heavy atom. The van der Waals surface area contributed by atoms with Crippen molar-refractivity contribution in [2.75, 3.05) is 14.2 Å². The van der Waals surface area contributed by atoms with Gasteiger partial charge < -0.3 is 15.2 Å². The monoisotopic (exact) mass is 424 g/mol. The number of carbonyl (C=O) groups is 1. The maximum Gasteiger partial charge on any atom is 0.348 e. The molecule has 0 spiro atoms. The van der Waals surface area contributed by atoms with Crippen molar-refractivity contribution in [3.63, 3.8) is 0 Å². The lowest BCUT2D eigenvalue weighted by molar-refractivity contribution is 0.0597. The second-order valence-electron chi connectivity index (χ2n) is 5.59. The molecule has 2 aromatic carbocycles. The molecule has 3 N–H and O–H groups in total. The van der Waals surface area contributed by atoms with E-state index >= 15 is 0 Å². The fraction of sp³-hybridized carbons (Fsp3) is 0.167. The third-order valence-corrected chi connectivity index (χ3v) is 4.30. The van der Waals surface area contributed by atoms with Gasteiger partial charge in [0.1, 0.15) is 11.3 Å². The van der Waals surface area contributed by atoms with Crippen LogP contribution in [-0.4, -0.2) is 35.0 Å². The van der Waals surface area contributed by atoms with E-state index in [1.54, 1.807) is 24.3 Å². The number of esters is 1. The average molecular weight is 425 g/mol. The van der Waals surface area contributed by atoms with Crippen LogP contribution in [0.15, 0.2) is 41.2 Å². The normalized spacial score (nSPS) is 10.3. The molecule has 3 rings (SSSR count). The quantitative estimate of drug-likeness (QED) is 0.608. The van der Waals surface area contributed by atoms with Crippen LogP contribution in [0.25, 0.3) is 17.1 Å². The number of methoxy groups -OCH3 is 2. The summed E-state index contributed by atoms with van der Waals surface area (Å²) in [5.41, 5.74) is 7.27. The summed E-state index contributed by atoms with van der Waals surface area (Å²) in [6.45, 7) is 0.335. The van der Waals surface area contributed by atoms with Crippen molar-refractivity contribution in [3.8, 4) is 22.8 Å². The highest BCUT2D eigenvalue weighted by atomic mass is 35.5. The van der Waals surface area contributed by atoms with Gasteiger partial charge in [0.2, 0.25) is 0 Å². The van der Waals surface area contributed by atoms with Crippen LogP contribution in [0, 0.1) is 0 Å². The number of nitrogens with one attached hydrogen (secondary N) is 1. The first-order valence-electron chi connectivity index (χ1n) is 7.93. The summed E-state index contributed by atoms with van der Waals surface area (Å²) in [4.78, 5) is 26.9. The van der Waals surface area contributed by atoms with E-state index in [2.05, 4.69) is 10.1 Å². The van der Waals surface area contributed by atoms with Gasteiger partial charge in [0, 0.05) is 18.2 Å². The number of aromatic nitrogens is 3. The number of hydrogen-bond donors (Lipinski definition) is 2. The molecule has 0 fully saturated rings. The Morgan fingerprint density at radius 3 is 2.64 bits per heavy atom. The van der Waals surface area contributed by atoms with Crippen molar-refractivity contribution >= 4 is 30.0 Å². The summed E-state index contributed by atoms with van der Waals surface area (Å²) in [7, 11) is 2.70. The molecular formula is C18H18Cl2N4O4. The third-order valence-electron chi connectivity index (χ3n) is 3.97. The Balaban J connectivity index is 0.00000280. The van der Waals surface area contributed by atoms with E-state index in [9.17, 15) is 9.59 Å². The van der Waals surface area contributed by atoms with Crippen LogP contribution in [-0.2, 0) is 11.3 Å². The molecule has 0 bridgehead atoms. The molecule has 0 radical (unpaired) electrons. The lowest BCUT2D eigenvalue weighted by Crippen LogP contribution is -2.16. The number of halogens is 2. The maximum absolute atomic E-state index is 12.4. The molecule has 0 amide bonds. The van der Waals surface area contributed by atoms with Gasteiger partial charge in [0.05, 0.1) is 24.9 Å². The Morgan fingerprint density at radius 2 is 2.00 bits per heavy atom. The fourth-order valence-electron chi connectivity index (χ4n) is 2.59. The molecule has 1 heterocycles. The smallest absolute Gasteiger partial charge is 0.348 e. The molecule has 8 nitrogen and oxygen atoms in total. The van der Waals surface area contributed by atoms with Crippen molar-refractivity contribution < 1.29 is 14.3 Å². The van der Waals surface area contributed by atoms with E-state index in [4.69, 9.17) is 26.8 Å². The van der Waals surface area contributed by atoms with Gasteiger partial charge in [-0.3, -0.25) is 4.98 Å². The molecule has 3 aromatic rings. The van der Waals surface area contributed by atoms with E-state index < -0.39 is 11.7 Å². The van der Waals surface area contributed by atoms with E-state index in [1.165, 1.54) is 26.4 Å². The summed E-state index contributed by atoms with van der Waals surface area (Å²) in [5.74, 6) is 0.0223. The summed E-state index contributed by atoms with van der Waals surface area (Å²) in [6.07, 6.45) is 0. The highest BCUT2D eigenvalue weighted by Crippen LogP contribution is 2.27. The second-order valence-corrected chi connectivity index (χ2v) is 5.99. The van der Waals surface area contributed by atoms with E-state index in [-0.39, 0.29) is 23.7 Å². The number of ether oxygens (including phenoxy) is 2. The average Bonchev–Trinajstić information content (AvgIpc) is 3.08. The van der Waals surface area contributed by atoms with Crippen LogP contribution in [0.5, 0.6) is 5.75 Å². The minimum atomic E-state index is -0.543. The highest BCUT2D eigenvalue weighted by molar-refractivity contribution is 6.33. The van der Waals surface area contributed by atoms with Crippen molar-refractivity contribution in [2.24, 2.45) is 5.73 Å². The predicted octanol–water partition coefficient (Wildman–Crippen LogP) is 2.56. The molecule has 1 aromatic heterocycles. The van der Waals surface area contributed by atoms with Crippen molar-refractivity contribution in [1.82, 2.24) is 14.8 Å². The number of benzene rings is 2. The van der Waals surface area contributed by atoms with Gasteiger partial charge in [-0.1, -0.05) is 17.7 Å². The van der Waals surface area contributed by atoms with Gasteiger partial charge in [-0.25, -0.2) is 9.59 Å². The molecule has 0 saturated heterocycles. The van der Waals surface area contributed by atoms with Crippen LogP contribution in [0.1, 0.15) is 15.9 Å². The van der Waals surface area contributed by atoms with E-state index in [0.29, 0.717) is 28.6 Å². The van der Waals surface area contributed by atoms with Crippen LogP contribution >= 0.6 is 24.0 Å². The molecule has 0 saturated carbocycles. The van der Waals surface area contributed by atoms with Crippen molar-refractivity contribution in [2.45, 2.75) is 6.54 Å². The molecule has 0 aliphatic rings. The topological polar surface area (TPSA) is 112 Å². The Labute approximate surface area is 171 Å². The molecule has 0 atom stereocenters. The third kappa shape index (κ3) is 4.04. The Bertz CT molecular complexity index is 1060. The van der Waals surface area contributed by atoms with Gasteiger partial charge in [0.15, 0.2) is 5.82 Å². The molecule has 0 unspecified atom stereocenters. The molecule has 0 aliphatic carbocycles. The van der Waals surface area contributed by atoms with E-state index in [0.717, 1.165) is 10.2 Å². The fourth-order valence-corrected chi connectivity index (χ4v) is 2.80. The summed E-state index contributed by atoms with van der Waals surface area (Å²) >= 11 is 6.23. The second kappa shape index (κ2) is 8.92. The van der Waals surface area contributed by atoms with Crippen LogP contribution in [0.2, 0.25) is 5.02 Å². The number of carbonyl (C=O) groups excluding carboxylic acids is 1. The predicted molar refractivity (Wildman–Crippen MR) is 108 cm³/mol. The summed E-state index contributed by atoms with van der Waals surface area (Å²) in [5, 5.41) is 4.75. The Kier molecular flexibility index (Phi) is 6.85. The van der Waals surface area contributed by atoms with Crippen molar-refractivity contribution in [1.29, 1.82) is 0 Å². The molecule has 148 valence electrons. The van der Waals surface area contributed by atoms with Gasteiger partial charge in [-0.05, 0) is 29.8 Å². The lowest BCUT2D eigenvalue weighted by atomic mass is 10.1. The number of H-pyrrole nitrogens is 1. The van der Waals surface area contributed by atoms with Gasteiger partial charge >= 0.3 is 11.7 Å². The van der Waals surface area contributed by atoms with Crippen LogP contribution in [0.4, 0.5) is 0 Å². The number of nitrogens with zero attached hydrogens (tertiary/aromatic N) is 2. The first-order chi connectivity index (χ1) is 13.0. The zero-order valence-corrected chi connectivity index (χ0v) is 16.6. The number of nitrogens with two attached hydrogens (primary N) is 1. The minimum absolute atomic E-state index is 0. The number of aromatic amines is 1. The minimum Gasteiger partial charge on any atom is -0.496 e. The Hall–Kier alpha value is -2.81. The molecule has 10 heteroatoms. The number of rotatable bonds is 5. The van der Waals surface area contributed by atoms with Gasteiger partial charge in [0.25, 0.3) is 0 Å². The summed E-state index contributed by atoms with van der Waals surface area (Å²) < 4.78 is 11.1. The first-order valence-corrected chi connectivity index (χ1v) is 8.31. The number of hydrogen-bond acceptors (Lipinski definition) is 6. The standard InChI is InChI=1S/C18H17ClN4O4.ClH/c1-26-15-8-11(4-5-12(15)17(24)27-2)23-18(25)21-16(22-23)13-7-10(9-20)3-6-14(13)19;/h3-8H,9,20H2,1-2H3,(H,21,22,25);1H. The van der Waals surface area contributed by atoms with Gasteiger partial charge in [-0.15, -0.1) is 17.5 Å². The molecule has 28 heavy (non-hydrogen) atoms. The van der Waals surface area contributed by atoms with E-state index in [1.807, 2.05) is 0 Å². The zero-order valence-electron chi connectivity index (χ0n) is 15.1. The lowest BCUT2D eigenvalue weighted by Gasteiger charge is -2.08. The van der Waals surface area contributed by atoms with Crippen molar-refractivity contribution in [3.05, 3.63) is 63.0 Å². The first kappa shape index (κ1) is 21.5. The zero-order chi connectivity index (χ0) is 19.6. The maximum atomic E-state index is 12.4. The van der Waals surface area contributed by atoms with Gasteiger partial charge in [-0.2, -0.15) is 4.68 Å². The summed E-state index contributed by atoms with van der Waals surface area (Å²) in [6, 6.07) is 9.87. The molecule has 0 aliphatic heterocycles.